The zero-order valence-electron chi connectivity index (χ0n) is 11.4. The van der Waals surface area contributed by atoms with E-state index in [4.69, 9.17) is 0 Å². The van der Waals surface area contributed by atoms with Gasteiger partial charge in [-0.1, -0.05) is 30.3 Å². The predicted molar refractivity (Wildman–Crippen MR) is 75.6 cm³/mol. The summed E-state index contributed by atoms with van der Waals surface area (Å²) in [5.41, 5.74) is 3.02. The maximum Gasteiger partial charge on any atom is 0.159 e. The fraction of sp³-hybridized carbons (Fsp3) is 0.294. The third kappa shape index (κ3) is 3.87. The van der Waals surface area contributed by atoms with Crippen molar-refractivity contribution in [3.63, 3.8) is 0 Å². The van der Waals surface area contributed by atoms with E-state index in [1.165, 1.54) is 17.2 Å². The summed E-state index contributed by atoms with van der Waals surface area (Å²) < 4.78 is 25.9. The lowest BCUT2D eigenvalue weighted by atomic mass is 9.99. The number of hydrogen-bond acceptors (Lipinski definition) is 1. The van der Waals surface area contributed by atoms with Gasteiger partial charge in [0.15, 0.2) is 11.6 Å². The molecule has 1 N–H and O–H groups in total. The van der Waals surface area contributed by atoms with E-state index in [9.17, 15) is 13.9 Å². The number of aliphatic hydroxyl groups excluding tert-OH is 1. The maximum atomic E-state index is 13.1. The number of aryl methyl sites for hydroxylation is 2. The molecule has 0 spiro atoms. The van der Waals surface area contributed by atoms with Gasteiger partial charge in [-0.25, -0.2) is 8.78 Å². The van der Waals surface area contributed by atoms with Crippen molar-refractivity contribution < 1.29 is 13.9 Å². The Balaban J connectivity index is 1.91. The molecule has 0 aliphatic heterocycles. The van der Waals surface area contributed by atoms with Gasteiger partial charge in [0.25, 0.3) is 0 Å². The Labute approximate surface area is 117 Å². The molecule has 1 unspecified atom stereocenters. The van der Waals surface area contributed by atoms with E-state index in [0.29, 0.717) is 18.4 Å². The third-order valence-corrected chi connectivity index (χ3v) is 3.46. The molecule has 1 nitrogen and oxygen atoms in total. The van der Waals surface area contributed by atoms with Crippen LogP contribution in [0, 0.1) is 18.6 Å². The first-order valence-corrected chi connectivity index (χ1v) is 6.73. The van der Waals surface area contributed by atoms with Crippen molar-refractivity contribution in [1.29, 1.82) is 0 Å². The molecule has 0 radical (unpaired) electrons. The quantitative estimate of drug-likeness (QED) is 0.880. The van der Waals surface area contributed by atoms with E-state index in [-0.39, 0.29) is 0 Å². The highest BCUT2D eigenvalue weighted by atomic mass is 19.2. The first kappa shape index (κ1) is 14.7. The summed E-state index contributed by atoms with van der Waals surface area (Å²) in [5, 5.41) is 10.00. The number of rotatable bonds is 5. The molecule has 0 bridgehead atoms. The van der Waals surface area contributed by atoms with Crippen molar-refractivity contribution in [2.45, 2.75) is 32.3 Å². The first-order valence-electron chi connectivity index (χ1n) is 6.73. The molecule has 0 aromatic heterocycles. The molecule has 0 fully saturated rings. The molecule has 2 aromatic rings. The number of halogens is 2. The van der Waals surface area contributed by atoms with Gasteiger partial charge < -0.3 is 5.11 Å². The van der Waals surface area contributed by atoms with Crippen LogP contribution in [0.2, 0.25) is 0 Å². The SMILES string of the molecule is Cc1ccccc1CCC(O)Cc1ccc(F)c(F)c1. The highest BCUT2D eigenvalue weighted by Crippen LogP contribution is 2.15. The van der Waals surface area contributed by atoms with Gasteiger partial charge >= 0.3 is 0 Å². The Bertz CT molecular complexity index is 581. The van der Waals surface area contributed by atoms with Crippen LogP contribution in [0.15, 0.2) is 42.5 Å². The van der Waals surface area contributed by atoms with Gasteiger partial charge in [-0.05, 0) is 55.0 Å². The van der Waals surface area contributed by atoms with Crippen molar-refractivity contribution in [3.05, 3.63) is 70.8 Å². The zero-order chi connectivity index (χ0) is 14.5. The van der Waals surface area contributed by atoms with Crippen molar-refractivity contribution in [2.75, 3.05) is 0 Å². The summed E-state index contributed by atoms with van der Waals surface area (Å²) in [5.74, 6) is -1.73. The number of benzene rings is 2. The Morgan fingerprint density at radius 2 is 1.80 bits per heavy atom. The van der Waals surface area contributed by atoms with Crippen LogP contribution >= 0.6 is 0 Å². The molecule has 0 saturated heterocycles. The fourth-order valence-electron chi connectivity index (χ4n) is 2.25. The molecule has 0 amide bonds. The Morgan fingerprint density at radius 1 is 1.05 bits per heavy atom. The van der Waals surface area contributed by atoms with Gasteiger partial charge in [0.05, 0.1) is 6.10 Å². The average molecular weight is 276 g/mol. The minimum Gasteiger partial charge on any atom is -0.393 e. The zero-order valence-corrected chi connectivity index (χ0v) is 11.4. The smallest absolute Gasteiger partial charge is 0.159 e. The summed E-state index contributed by atoms with van der Waals surface area (Å²) in [7, 11) is 0. The van der Waals surface area contributed by atoms with Gasteiger partial charge in [0.1, 0.15) is 0 Å². The summed E-state index contributed by atoms with van der Waals surface area (Å²) >= 11 is 0. The molecule has 0 aliphatic carbocycles. The maximum absolute atomic E-state index is 13.1. The molecule has 0 saturated carbocycles. The minimum atomic E-state index is -0.867. The van der Waals surface area contributed by atoms with Gasteiger partial charge in [-0.15, -0.1) is 0 Å². The van der Waals surface area contributed by atoms with E-state index in [1.807, 2.05) is 31.2 Å². The van der Waals surface area contributed by atoms with E-state index in [2.05, 4.69) is 0 Å². The third-order valence-electron chi connectivity index (χ3n) is 3.46. The lowest BCUT2D eigenvalue weighted by molar-refractivity contribution is 0.165. The van der Waals surface area contributed by atoms with Crippen molar-refractivity contribution in [1.82, 2.24) is 0 Å². The molecule has 106 valence electrons. The van der Waals surface area contributed by atoms with Gasteiger partial charge in [0, 0.05) is 0 Å². The molecule has 2 rings (SSSR count). The van der Waals surface area contributed by atoms with Crippen LogP contribution in [-0.4, -0.2) is 11.2 Å². The molecular weight excluding hydrogens is 258 g/mol. The number of hydrogen-bond donors (Lipinski definition) is 1. The highest BCUT2D eigenvalue weighted by molar-refractivity contribution is 5.25. The van der Waals surface area contributed by atoms with Crippen LogP contribution in [0.4, 0.5) is 8.78 Å². The second-order valence-corrected chi connectivity index (χ2v) is 5.07. The standard InChI is InChI=1S/C17H18F2O/c1-12-4-2-3-5-14(12)7-8-15(20)10-13-6-9-16(18)17(19)11-13/h2-6,9,11,15,20H,7-8,10H2,1H3. The minimum absolute atomic E-state index is 0.336. The van der Waals surface area contributed by atoms with E-state index in [1.54, 1.807) is 0 Å². The molecule has 0 aliphatic rings. The second-order valence-electron chi connectivity index (χ2n) is 5.07. The normalized spacial score (nSPS) is 12.4. The van der Waals surface area contributed by atoms with E-state index >= 15 is 0 Å². The van der Waals surface area contributed by atoms with Crippen LogP contribution in [0.3, 0.4) is 0 Å². The Kier molecular flexibility index (Phi) is 4.85. The van der Waals surface area contributed by atoms with E-state index < -0.39 is 17.7 Å². The van der Waals surface area contributed by atoms with E-state index in [0.717, 1.165) is 18.6 Å². The molecule has 20 heavy (non-hydrogen) atoms. The van der Waals surface area contributed by atoms with Gasteiger partial charge in [-0.3, -0.25) is 0 Å². The number of aliphatic hydroxyl groups is 1. The van der Waals surface area contributed by atoms with Crippen molar-refractivity contribution >= 4 is 0 Å². The summed E-state index contributed by atoms with van der Waals surface area (Å²) in [6.45, 7) is 2.04. The Hall–Kier alpha value is -1.74. The average Bonchev–Trinajstić information content (AvgIpc) is 2.42. The van der Waals surface area contributed by atoms with Crippen LogP contribution in [0.1, 0.15) is 23.1 Å². The lowest BCUT2D eigenvalue weighted by Gasteiger charge is -2.12. The summed E-state index contributed by atoms with van der Waals surface area (Å²) in [4.78, 5) is 0. The van der Waals surface area contributed by atoms with Gasteiger partial charge in [-0.2, -0.15) is 0 Å². The predicted octanol–water partition coefficient (Wildman–Crippen LogP) is 3.81. The van der Waals surface area contributed by atoms with Crippen LogP contribution < -0.4 is 0 Å². The highest BCUT2D eigenvalue weighted by Gasteiger charge is 2.09. The molecule has 1 atom stereocenters. The monoisotopic (exact) mass is 276 g/mol. The fourth-order valence-corrected chi connectivity index (χ4v) is 2.25. The Morgan fingerprint density at radius 3 is 2.50 bits per heavy atom. The second kappa shape index (κ2) is 6.62. The molecule has 0 heterocycles. The lowest BCUT2D eigenvalue weighted by Crippen LogP contribution is -2.12. The topological polar surface area (TPSA) is 20.2 Å². The van der Waals surface area contributed by atoms with Crippen LogP contribution in [0.25, 0.3) is 0 Å². The van der Waals surface area contributed by atoms with Crippen LogP contribution in [-0.2, 0) is 12.8 Å². The molecule has 3 heteroatoms. The summed E-state index contributed by atoms with van der Waals surface area (Å²) in [6, 6.07) is 11.8. The summed E-state index contributed by atoms with van der Waals surface area (Å²) in [6.07, 6.45) is 1.16. The molecule has 2 aromatic carbocycles. The van der Waals surface area contributed by atoms with Gasteiger partial charge in [0.2, 0.25) is 0 Å². The molecular formula is C17H18F2O. The largest absolute Gasteiger partial charge is 0.393 e. The van der Waals surface area contributed by atoms with Crippen molar-refractivity contribution in [2.24, 2.45) is 0 Å². The first-order chi connectivity index (χ1) is 9.56. The van der Waals surface area contributed by atoms with Crippen molar-refractivity contribution in [3.8, 4) is 0 Å². The van der Waals surface area contributed by atoms with Crippen LogP contribution in [0.5, 0.6) is 0 Å².